The fourth-order valence-electron chi connectivity index (χ4n) is 4.20. The molecule has 4 heterocycles. The molecule has 0 radical (unpaired) electrons. The standard InChI is InChI=1S/C25H30N8O3/c1-16-19(20(27)34)31-22-21(30-18(13-33(16)22)17-5-9-28-10-6-17)29-15-25(14-26)7-11-32(12-8-25)23(35)36-24(2,3)4/h5-6,9-10,13H,7-8,11-12,15H2,1-4H3,(H2,27,34)(H,29,30). The van der Waals surface area contributed by atoms with Crippen LogP contribution in [0.3, 0.4) is 0 Å². The highest BCUT2D eigenvalue weighted by Gasteiger charge is 2.37. The lowest BCUT2D eigenvalue weighted by Gasteiger charge is -2.37. The molecule has 4 rings (SSSR count). The molecule has 3 N–H and O–H groups in total. The molecule has 3 aromatic heterocycles. The van der Waals surface area contributed by atoms with E-state index in [1.54, 1.807) is 34.8 Å². The van der Waals surface area contributed by atoms with Crippen molar-refractivity contribution in [2.45, 2.75) is 46.1 Å². The lowest BCUT2D eigenvalue weighted by molar-refractivity contribution is 0.0156. The Morgan fingerprint density at radius 1 is 1.22 bits per heavy atom. The summed E-state index contributed by atoms with van der Waals surface area (Å²) in [6, 6.07) is 6.12. The van der Waals surface area contributed by atoms with E-state index in [1.807, 2.05) is 32.9 Å². The Kier molecular flexibility index (Phi) is 6.54. The third kappa shape index (κ3) is 5.07. The number of aromatic nitrogens is 4. The van der Waals surface area contributed by atoms with Crippen LogP contribution in [0, 0.1) is 23.7 Å². The van der Waals surface area contributed by atoms with Crippen molar-refractivity contribution in [1.82, 2.24) is 24.3 Å². The molecule has 188 valence electrons. The molecule has 0 spiro atoms. The first-order valence-corrected chi connectivity index (χ1v) is 11.7. The minimum absolute atomic E-state index is 0.160. The number of likely N-dealkylation sites (tertiary alicyclic amines) is 1. The van der Waals surface area contributed by atoms with Crippen LogP contribution in [0.15, 0.2) is 30.7 Å². The molecule has 2 amide bonds. The first-order chi connectivity index (χ1) is 17.0. The van der Waals surface area contributed by atoms with E-state index in [1.165, 1.54) is 0 Å². The number of ether oxygens (including phenoxy) is 1. The number of rotatable bonds is 5. The van der Waals surface area contributed by atoms with Gasteiger partial charge in [-0.1, -0.05) is 0 Å². The van der Waals surface area contributed by atoms with Gasteiger partial charge in [0, 0.05) is 43.8 Å². The van der Waals surface area contributed by atoms with Crippen molar-refractivity contribution >= 4 is 23.5 Å². The molecule has 0 unspecified atom stereocenters. The minimum atomic E-state index is -0.710. The van der Waals surface area contributed by atoms with Crippen LogP contribution in [0.1, 0.15) is 49.8 Å². The fourth-order valence-corrected chi connectivity index (χ4v) is 4.20. The number of nitriles is 1. The number of piperidine rings is 1. The van der Waals surface area contributed by atoms with Crippen LogP contribution < -0.4 is 11.1 Å². The van der Waals surface area contributed by atoms with Crippen molar-refractivity contribution < 1.29 is 14.3 Å². The summed E-state index contributed by atoms with van der Waals surface area (Å²) in [5.74, 6) is -0.195. The Bertz CT molecular complexity index is 1330. The number of carbonyl (C=O) groups excluding carboxylic acids is 2. The maximum atomic E-state index is 12.4. The average Bonchev–Trinajstić information content (AvgIpc) is 3.19. The molecule has 11 heteroatoms. The van der Waals surface area contributed by atoms with Gasteiger partial charge in [0.25, 0.3) is 5.91 Å². The molecule has 1 aliphatic heterocycles. The van der Waals surface area contributed by atoms with Crippen LogP contribution in [0.5, 0.6) is 0 Å². The number of carbonyl (C=O) groups is 2. The number of hydrogen-bond donors (Lipinski definition) is 2. The Balaban J connectivity index is 1.60. The van der Waals surface area contributed by atoms with Gasteiger partial charge in [-0.3, -0.25) is 14.2 Å². The summed E-state index contributed by atoms with van der Waals surface area (Å²) in [7, 11) is 0. The second-order valence-corrected chi connectivity index (χ2v) is 10.0. The molecule has 11 nitrogen and oxygen atoms in total. The van der Waals surface area contributed by atoms with Crippen molar-refractivity contribution in [3.8, 4) is 17.3 Å². The number of aryl methyl sites for hydroxylation is 1. The van der Waals surface area contributed by atoms with Crippen LogP contribution in [0.4, 0.5) is 10.6 Å². The summed E-state index contributed by atoms with van der Waals surface area (Å²) in [6.07, 6.45) is 5.73. The zero-order valence-corrected chi connectivity index (χ0v) is 20.9. The number of nitrogens with two attached hydrogens (primary N) is 1. The average molecular weight is 491 g/mol. The fraction of sp³-hybridized carbons (Fsp3) is 0.440. The molecule has 0 atom stereocenters. The number of anilines is 1. The summed E-state index contributed by atoms with van der Waals surface area (Å²) >= 11 is 0. The second kappa shape index (κ2) is 9.45. The monoisotopic (exact) mass is 490 g/mol. The molecule has 36 heavy (non-hydrogen) atoms. The van der Waals surface area contributed by atoms with Gasteiger partial charge >= 0.3 is 6.09 Å². The molecule has 1 saturated heterocycles. The van der Waals surface area contributed by atoms with Crippen LogP contribution in [0.2, 0.25) is 0 Å². The summed E-state index contributed by atoms with van der Waals surface area (Å²) < 4.78 is 7.24. The zero-order valence-electron chi connectivity index (χ0n) is 20.9. The highest BCUT2D eigenvalue weighted by molar-refractivity contribution is 5.93. The number of hydrogen-bond acceptors (Lipinski definition) is 8. The van der Waals surface area contributed by atoms with Crippen molar-refractivity contribution in [1.29, 1.82) is 5.26 Å². The van der Waals surface area contributed by atoms with Crippen molar-refractivity contribution in [3.63, 3.8) is 0 Å². The van der Waals surface area contributed by atoms with E-state index in [2.05, 4.69) is 21.4 Å². The molecular formula is C25H30N8O3. The zero-order chi connectivity index (χ0) is 26.1. The number of fused-ring (bicyclic) bond motifs is 1. The van der Waals surface area contributed by atoms with E-state index in [0.29, 0.717) is 55.3 Å². The largest absolute Gasteiger partial charge is 0.444 e. The smallest absolute Gasteiger partial charge is 0.410 e. The Hall–Kier alpha value is -4.20. The highest BCUT2D eigenvalue weighted by Crippen LogP contribution is 2.33. The Morgan fingerprint density at radius 3 is 2.47 bits per heavy atom. The van der Waals surface area contributed by atoms with Crippen LogP contribution >= 0.6 is 0 Å². The van der Waals surface area contributed by atoms with Gasteiger partial charge in [0.05, 0.1) is 22.9 Å². The van der Waals surface area contributed by atoms with E-state index in [0.717, 1.165) is 5.56 Å². The lowest BCUT2D eigenvalue weighted by Crippen LogP contribution is -2.46. The molecule has 0 aliphatic carbocycles. The third-order valence-corrected chi connectivity index (χ3v) is 6.26. The number of pyridine rings is 1. The number of imidazole rings is 1. The van der Waals surface area contributed by atoms with Gasteiger partial charge in [-0.2, -0.15) is 5.26 Å². The number of nitrogens with one attached hydrogen (secondary N) is 1. The van der Waals surface area contributed by atoms with Gasteiger partial charge in [0.2, 0.25) is 0 Å². The number of nitrogens with zero attached hydrogens (tertiary/aromatic N) is 6. The van der Waals surface area contributed by atoms with Crippen LogP contribution in [-0.4, -0.2) is 61.5 Å². The Morgan fingerprint density at radius 2 is 1.89 bits per heavy atom. The maximum absolute atomic E-state index is 12.4. The first kappa shape index (κ1) is 24.9. The molecule has 0 aromatic carbocycles. The second-order valence-electron chi connectivity index (χ2n) is 10.0. The lowest BCUT2D eigenvalue weighted by atomic mass is 9.80. The quantitative estimate of drug-likeness (QED) is 0.553. The molecule has 1 aliphatic rings. The van der Waals surface area contributed by atoms with Crippen molar-refractivity contribution in [2.75, 3.05) is 25.0 Å². The highest BCUT2D eigenvalue weighted by atomic mass is 16.6. The van der Waals surface area contributed by atoms with E-state index in [-0.39, 0.29) is 11.8 Å². The van der Waals surface area contributed by atoms with E-state index in [9.17, 15) is 14.9 Å². The number of amides is 2. The van der Waals surface area contributed by atoms with E-state index in [4.69, 9.17) is 15.5 Å². The van der Waals surface area contributed by atoms with Crippen molar-refractivity contribution in [2.24, 2.45) is 11.1 Å². The van der Waals surface area contributed by atoms with Gasteiger partial charge in [-0.25, -0.2) is 14.8 Å². The first-order valence-electron chi connectivity index (χ1n) is 11.7. The van der Waals surface area contributed by atoms with Gasteiger partial charge in [-0.05, 0) is 52.7 Å². The van der Waals surface area contributed by atoms with Gasteiger partial charge in [0.15, 0.2) is 11.5 Å². The SMILES string of the molecule is Cc1c(C(N)=O)nc2c(NCC3(C#N)CCN(C(=O)OC(C)(C)C)CC3)nc(-c3ccncc3)cn12. The van der Waals surface area contributed by atoms with Gasteiger partial charge in [0.1, 0.15) is 11.3 Å². The van der Waals surface area contributed by atoms with Crippen LogP contribution in [0.25, 0.3) is 16.9 Å². The summed E-state index contributed by atoms with van der Waals surface area (Å²) in [4.78, 5) is 39.3. The molecule has 1 fully saturated rings. The molecule has 0 bridgehead atoms. The van der Waals surface area contributed by atoms with Gasteiger partial charge in [-0.15, -0.1) is 0 Å². The predicted molar refractivity (Wildman–Crippen MR) is 133 cm³/mol. The summed E-state index contributed by atoms with van der Waals surface area (Å²) in [5.41, 5.74) is 6.93. The Labute approximate surface area is 209 Å². The third-order valence-electron chi connectivity index (χ3n) is 6.26. The number of primary amides is 1. The minimum Gasteiger partial charge on any atom is -0.444 e. The maximum Gasteiger partial charge on any atom is 0.410 e. The summed E-state index contributed by atoms with van der Waals surface area (Å²) in [6.45, 7) is 8.37. The normalized spacial score (nSPS) is 15.4. The molecule has 0 saturated carbocycles. The molecular weight excluding hydrogens is 460 g/mol. The summed E-state index contributed by atoms with van der Waals surface area (Å²) in [5, 5.41) is 13.4. The van der Waals surface area contributed by atoms with Crippen LogP contribution in [-0.2, 0) is 4.74 Å². The van der Waals surface area contributed by atoms with E-state index < -0.39 is 16.9 Å². The topological polar surface area (TPSA) is 152 Å². The van der Waals surface area contributed by atoms with Gasteiger partial charge < -0.3 is 20.7 Å². The predicted octanol–water partition coefficient (Wildman–Crippen LogP) is 3.15. The van der Waals surface area contributed by atoms with E-state index >= 15 is 0 Å². The molecule has 3 aromatic rings. The van der Waals surface area contributed by atoms with Crippen molar-refractivity contribution in [3.05, 3.63) is 42.1 Å².